The van der Waals surface area contributed by atoms with Gasteiger partial charge in [0.1, 0.15) is 5.75 Å². The molecule has 0 aliphatic rings. The lowest BCUT2D eigenvalue weighted by Crippen LogP contribution is -2.55. The van der Waals surface area contributed by atoms with Crippen LogP contribution in [-0.4, -0.2) is 30.4 Å². The molecule has 0 radical (unpaired) electrons. The van der Waals surface area contributed by atoms with E-state index in [-0.39, 0.29) is 5.91 Å². The molecule has 124 valence electrons. The summed E-state index contributed by atoms with van der Waals surface area (Å²) >= 11 is 1.67. The van der Waals surface area contributed by atoms with E-state index in [9.17, 15) is 4.79 Å². The van der Waals surface area contributed by atoms with Gasteiger partial charge in [-0.15, -0.1) is 11.8 Å². The molecule has 0 aliphatic carbocycles. The Morgan fingerprint density at radius 3 is 2.36 bits per heavy atom. The Balaban J connectivity index is 2.63. The Hall–Kier alpha value is -1.20. The van der Waals surface area contributed by atoms with Crippen LogP contribution in [0.2, 0.25) is 0 Å². The monoisotopic (exact) mass is 324 g/mol. The van der Waals surface area contributed by atoms with Gasteiger partial charge in [0, 0.05) is 17.0 Å². The molecule has 0 fully saturated rings. The third-order valence-corrected chi connectivity index (χ3v) is 4.22. The maximum Gasteiger partial charge on any atom is 0.261 e. The van der Waals surface area contributed by atoms with E-state index in [1.165, 1.54) is 0 Å². The zero-order chi connectivity index (χ0) is 16.8. The lowest BCUT2D eigenvalue weighted by Gasteiger charge is -2.32. The van der Waals surface area contributed by atoms with Crippen LogP contribution in [0, 0.1) is 5.92 Å². The van der Waals surface area contributed by atoms with Gasteiger partial charge in [0.25, 0.3) is 5.91 Å². The van der Waals surface area contributed by atoms with Crippen molar-refractivity contribution in [3.8, 4) is 5.75 Å². The smallest absolute Gasteiger partial charge is 0.261 e. The van der Waals surface area contributed by atoms with Crippen molar-refractivity contribution >= 4 is 17.7 Å². The number of hydrogen-bond donors (Lipinski definition) is 2. The standard InChI is InChI=1S/C17H28N2O2S/c1-12(2)10-17(4,11-18)19-16(20)13(3)21-14-6-8-15(22-5)9-7-14/h6-9,12-13H,10-11,18H2,1-5H3,(H,19,20). The minimum atomic E-state index is -0.557. The second-order valence-corrected chi connectivity index (χ2v) is 7.17. The molecule has 0 saturated carbocycles. The summed E-state index contributed by atoms with van der Waals surface area (Å²) in [6, 6.07) is 7.72. The van der Waals surface area contributed by atoms with Crippen LogP contribution in [0.4, 0.5) is 0 Å². The highest BCUT2D eigenvalue weighted by Gasteiger charge is 2.28. The van der Waals surface area contributed by atoms with Crippen molar-refractivity contribution in [2.75, 3.05) is 12.8 Å². The minimum Gasteiger partial charge on any atom is -0.481 e. The summed E-state index contributed by atoms with van der Waals surface area (Å²) in [5.41, 5.74) is 5.43. The van der Waals surface area contributed by atoms with E-state index < -0.39 is 11.6 Å². The van der Waals surface area contributed by atoms with E-state index in [4.69, 9.17) is 10.5 Å². The van der Waals surface area contributed by atoms with Gasteiger partial charge in [0.05, 0.1) is 0 Å². The molecule has 2 atom stereocenters. The van der Waals surface area contributed by atoms with Gasteiger partial charge in [-0.2, -0.15) is 0 Å². The second kappa shape index (κ2) is 8.44. The molecule has 5 heteroatoms. The highest BCUT2D eigenvalue weighted by Crippen LogP contribution is 2.20. The van der Waals surface area contributed by atoms with Crippen molar-refractivity contribution < 1.29 is 9.53 Å². The third-order valence-electron chi connectivity index (χ3n) is 3.48. The van der Waals surface area contributed by atoms with E-state index in [0.717, 1.165) is 11.3 Å². The van der Waals surface area contributed by atoms with Crippen LogP contribution >= 0.6 is 11.8 Å². The minimum absolute atomic E-state index is 0.137. The molecule has 1 rings (SSSR count). The van der Waals surface area contributed by atoms with Crippen molar-refractivity contribution in [3.63, 3.8) is 0 Å². The number of carbonyl (C=O) groups excluding carboxylic acids is 1. The number of benzene rings is 1. The number of amides is 1. The van der Waals surface area contributed by atoms with Gasteiger partial charge in [0.15, 0.2) is 6.10 Å². The number of rotatable bonds is 8. The predicted molar refractivity (Wildman–Crippen MR) is 93.4 cm³/mol. The Morgan fingerprint density at radius 1 is 1.32 bits per heavy atom. The molecule has 0 saturated heterocycles. The van der Waals surface area contributed by atoms with Crippen LogP contribution in [0.25, 0.3) is 0 Å². The van der Waals surface area contributed by atoms with Crippen molar-refractivity contribution in [2.24, 2.45) is 11.7 Å². The third kappa shape index (κ3) is 5.89. The van der Waals surface area contributed by atoms with Gasteiger partial charge in [0.2, 0.25) is 0 Å². The van der Waals surface area contributed by atoms with E-state index in [0.29, 0.717) is 18.2 Å². The van der Waals surface area contributed by atoms with Gasteiger partial charge >= 0.3 is 0 Å². The van der Waals surface area contributed by atoms with Gasteiger partial charge in [-0.25, -0.2) is 0 Å². The summed E-state index contributed by atoms with van der Waals surface area (Å²) in [7, 11) is 0. The number of carbonyl (C=O) groups is 1. The zero-order valence-corrected chi connectivity index (χ0v) is 15.0. The number of nitrogens with two attached hydrogens (primary N) is 1. The van der Waals surface area contributed by atoms with Crippen LogP contribution in [0.3, 0.4) is 0 Å². The fraction of sp³-hybridized carbons (Fsp3) is 0.588. The Labute approximate surface area is 138 Å². The van der Waals surface area contributed by atoms with Crippen molar-refractivity contribution in [1.82, 2.24) is 5.32 Å². The summed E-state index contributed by atoms with van der Waals surface area (Å²) in [6.45, 7) is 8.38. The molecule has 3 N–H and O–H groups in total. The lowest BCUT2D eigenvalue weighted by molar-refractivity contribution is -0.129. The zero-order valence-electron chi connectivity index (χ0n) is 14.2. The lowest BCUT2D eigenvalue weighted by atomic mass is 9.90. The summed E-state index contributed by atoms with van der Waals surface area (Å²) in [6.07, 6.45) is 2.30. The molecule has 0 bridgehead atoms. The fourth-order valence-electron chi connectivity index (χ4n) is 2.40. The molecule has 0 aliphatic heterocycles. The predicted octanol–water partition coefficient (Wildman–Crippen LogP) is 3.06. The van der Waals surface area contributed by atoms with Crippen LogP contribution < -0.4 is 15.8 Å². The van der Waals surface area contributed by atoms with Gasteiger partial charge in [-0.05, 0) is 56.7 Å². The first-order chi connectivity index (χ1) is 10.3. The van der Waals surface area contributed by atoms with Crippen LogP contribution in [0.15, 0.2) is 29.2 Å². The largest absolute Gasteiger partial charge is 0.481 e. The van der Waals surface area contributed by atoms with Crippen LogP contribution in [-0.2, 0) is 4.79 Å². The number of nitrogens with one attached hydrogen (secondary N) is 1. The molecule has 1 aromatic carbocycles. The molecule has 0 spiro atoms. The van der Waals surface area contributed by atoms with Gasteiger partial charge in [-0.3, -0.25) is 4.79 Å². The number of hydrogen-bond acceptors (Lipinski definition) is 4. The Bertz CT molecular complexity index is 476. The molecule has 1 amide bonds. The topological polar surface area (TPSA) is 64.3 Å². The molecule has 0 aromatic heterocycles. The number of ether oxygens (including phenoxy) is 1. The Morgan fingerprint density at radius 2 is 1.91 bits per heavy atom. The molecule has 1 aromatic rings. The molecule has 4 nitrogen and oxygen atoms in total. The quantitative estimate of drug-likeness (QED) is 0.721. The van der Waals surface area contributed by atoms with E-state index in [1.807, 2.05) is 37.4 Å². The van der Waals surface area contributed by atoms with Crippen molar-refractivity contribution in [3.05, 3.63) is 24.3 Å². The Kier molecular flexibility index (Phi) is 7.23. The summed E-state index contributed by atoms with van der Waals surface area (Å²) < 4.78 is 5.71. The summed E-state index contributed by atoms with van der Waals surface area (Å²) in [5.74, 6) is 1.02. The summed E-state index contributed by atoms with van der Waals surface area (Å²) in [4.78, 5) is 13.5. The van der Waals surface area contributed by atoms with Gasteiger partial charge < -0.3 is 15.8 Å². The van der Waals surface area contributed by atoms with Gasteiger partial charge in [-0.1, -0.05) is 13.8 Å². The van der Waals surface area contributed by atoms with Crippen LogP contribution in [0.1, 0.15) is 34.1 Å². The molecule has 0 heterocycles. The average molecular weight is 324 g/mol. The normalized spacial score (nSPS) is 15.2. The summed E-state index contributed by atoms with van der Waals surface area (Å²) in [5, 5.41) is 3.02. The molecule has 22 heavy (non-hydrogen) atoms. The SMILES string of the molecule is CSc1ccc(OC(C)C(=O)NC(C)(CN)CC(C)C)cc1. The van der Waals surface area contributed by atoms with Crippen molar-refractivity contribution in [2.45, 2.75) is 50.7 Å². The maximum atomic E-state index is 12.3. The average Bonchev–Trinajstić information content (AvgIpc) is 2.47. The highest BCUT2D eigenvalue weighted by molar-refractivity contribution is 7.98. The maximum absolute atomic E-state index is 12.3. The van der Waals surface area contributed by atoms with Crippen molar-refractivity contribution in [1.29, 1.82) is 0 Å². The van der Waals surface area contributed by atoms with E-state index in [2.05, 4.69) is 19.2 Å². The van der Waals surface area contributed by atoms with E-state index in [1.54, 1.807) is 18.7 Å². The first kappa shape index (κ1) is 18.8. The van der Waals surface area contributed by atoms with E-state index >= 15 is 0 Å². The fourth-order valence-corrected chi connectivity index (χ4v) is 2.81. The van der Waals surface area contributed by atoms with Crippen LogP contribution in [0.5, 0.6) is 5.75 Å². The first-order valence-corrected chi connectivity index (χ1v) is 8.85. The second-order valence-electron chi connectivity index (χ2n) is 6.29. The molecule has 2 unspecified atom stereocenters. The molecular weight excluding hydrogens is 296 g/mol. The molecular formula is C17H28N2O2S. The number of thioether (sulfide) groups is 1. The highest BCUT2D eigenvalue weighted by atomic mass is 32.2. The first-order valence-electron chi connectivity index (χ1n) is 7.62.